The Kier molecular flexibility index (Phi) is 6.88. The van der Waals surface area contributed by atoms with Gasteiger partial charge in [0.25, 0.3) is 5.69 Å². The van der Waals surface area contributed by atoms with Crippen LogP contribution in [0.1, 0.15) is 17.2 Å². The lowest BCUT2D eigenvalue weighted by molar-refractivity contribution is -0.385. The number of hydrogen-bond donors (Lipinski definition) is 3. The Bertz CT molecular complexity index is 957. The Balaban J connectivity index is 2.15. The average Bonchev–Trinajstić information content (AvgIpc) is 2.70. The number of non-ortho nitro benzene ring substituents is 1. The number of carbonyl (C=O) groups is 2. The molecule has 0 unspecified atom stereocenters. The van der Waals surface area contributed by atoms with Gasteiger partial charge in [0, 0.05) is 18.2 Å². The number of benzene rings is 2. The predicted molar refractivity (Wildman–Crippen MR) is 98.7 cm³/mol. The summed E-state index contributed by atoms with van der Waals surface area (Å²) < 4.78 is 4.94. The van der Waals surface area contributed by atoms with E-state index in [1.165, 1.54) is 49.6 Å². The number of nitrogens with one attached hydrogen (secondary N) is 1. The first-order valence-corrected chi connectivity index (χ1v) is 8.21. The molecule has 1 amide bonds. The second-order valence-corrected chi connectivity index (χ2v) is 5.87. The van der Waals surface area contributed by atoms with Crippen molar-refractivity contribution in [2.45, 2.75) is 12.1 Å². The van der Waals surface area contributed by atoms with E-state index < -0.39 is 28.9 Å². The van der Waals surface area contributed by atoms with Gasteiger partial charge in [-0.15, -0.1) is 0 Å². The number of carboxylic acid groups (broad SMARTS) is 1. The summed E-state index contributed by atoms with van der Waals surface area (Å²) in [5, 5.41) is 44.1. The lowest BCUT2D eigenvalue weighted by Crippen LogP contribution is -2.50. The van der Waals surface area contributed by atoms with Crippen LogP contribution in [0, 0.1) is 10.1 Å². The standard InChI is InChI=1S/C19H18N2O8/c1-29-15-9-11(5-7-14(15)22)6-8-16(23)20-17(19(25)26)18(24)12-3-2-4-13(10-12)21(27)28/h2-10,17-18,22,24H,1H3,(H,20,23)(H,25,26)/p-1/b8-6+/t17-,18-/m1/s1. The third kappa shape index (κ3) is 5.53. The number of methoxy groups -OCH3 is 1. The molecule has 0 saturated carbocycles. The summed E-state index contributed by atoms with van der Waals surface area (Å²) in [5.41, 5.74) is 0.0751. The van der Waals surface area contributed by atoms with Gasteiger partial charge in [0.05, 0.1) is 24.0 Å². The van der Waals surface area contributed by atoms with Gasteiger partial charge in [-0.25, -0.2) is 0 Å². The molecule has 0 saturated heterocycles. The second-order valence-electron chi connectivity index (χ2n) is 5.87. The van der Waals surface area contributed by atoms with Crippen molar-refractivity contribution in [1.82, 2.24) is 5.32 Å². The second kappa shape index (κ2) is 9.33. The minimum Gasteiger partial charge on any atom is -0.548 e. The Hall–Kier alpha value is -3.92. The molecule has 2 aromatic rings. The number of ether oxygens (including phenoxy) is 1. The molecule has 0 fully saturated rings. The predicted octanol–water partition coefficient (Wildman–Crippen LogP) is 0.291. The van der Waals surface area contributed by atoms with Gasteiger partial charge in [-0.2, -0.15) is 0 Å². The lowest BCUT2D eigenvalue weighted by atomic mass is 10.0. The molecular weight excluding hydrogens is 384 g/mol. The number of nitro groups is 1. The van der Waals surface area contributed by atoms with E-state index in [1.807, 2.05) is 0 Å². The van der Waals surface area contributed by atoms with Crippen molar-refractivity contribution in [2.75, 3.05) is 7.11 Å². The molecule has 2 aromatic carbocycles. The Labute approximate surface area is 164 Å². The smallest absolute Gasteiger partial charge is 0.269 e. The highest BCUT2D eigenvalue weighted by Crippen LogP contribution is 2.26. The van der Waals surface area contributed by atoms with Crippen molar-refractivity contribution >= 4 is 23.6 Å². The molecule has 0 aromatic heterocycles. The Morgan fingerprint density at radius 2 is 1.97 bits per heavy atom. The van der Waals surface area contributed by atoms with Crippen molar-refractivity contribution in [3.8, 4) is 11.5 Å². The van der Waals surface area contributed by atoms with Crippen molar-refractivity contribution in [3.63, 3.8) is 0 Å². The first-order chi connectivity index (χ1) is 13.7. The number of aliphatic hydroxyl groups is 1. The first-order valence-electron chi connectivity index (χ1n) is 8.21. The SMILES string of the molecule is COc1cc(/C=C/C(=O)N[C@@H](C(=O)[O-])[C@H](O)c2cccc([N+](=O)[O-])c2)ccc1O. The average molecular weight is 401 g/mol. The molecule has 0 aliphatic rings. The van der Waals surface area contributed by atoms with Gasteiger partial charge < -0.3 is 30.2 Å². The fourth-order valence-corrected chi connectivity index (χ4v) is 2.45. The number of hydrogen-bond acceptors (Lipinski definition) is 8. The molecule has 10 heteroatoms. The van der Waals surface area contributed by atoms with Crippen LogP contribution in [-0.2, 0) is 9.59 Å². The van der Waals surface area contributed by atoms with Crippen LogP contribution in [0.25, 0.3) is 6.08 Å². The summed E-state index contributed by atoms with van der Waals surface area (Å²) in [7, 11) is 1.36. The van der Waals surface area contributed by atoms with Gasteiger partial charge in [-0.05, 0) is 29.3 Å². The molecule has 10 nitrogen and oxygen atoms in total. The number of phenols is 1. The molecule has 0 aliphatic carbocycles. The van der Waals surface area contributed by atoms with E-state index in [0.717, 1.165) is 12.1 Å². The van der Waals surface area contributed by atoms with E-state index in [2.05, 4.69) is 5.32 Å². The highest BCUT2D eigenvalue weighted by atomic mass is 16.6. The summed E-state index contributed by atoms with van der Waals surface area (Å²) in [4.78, 5) is 33.6. The van der Waals surface area contributed by atoms with Gasteiger partial charge in [0.15, 0.2) is 11.5 Å². The number of aliphatic hydroxyl groups excluding tert-OH is 1. The zero-order valence-corrected chi connectivity index (χ0v) is 15.1. The number of carbonyl (C=O) groups excluding carboxylic acids is 2. The third-order valence-electron chi connectivity index (χ3n) is 3.92. The van der Waals surface area contributed by atoms with Crippen molar-refractivity contribution < 1.29 is 34.6 Å². The monoisotopic (exact) mass is 401 g/mol. The highest BCUT2D eigenvalue weighted by molar-refractivity contribution is 5.94. The largest absolute Gasteiger partial charge is 0.548 e. The fourth-order valence-electron chi connectivity index (χ4n) is 2.45. The molecular formula is C19H17N2O8-. The topological polar surface area (TPSA) is 162 Å². The number of phenolic OH excluding ortho intramolecular Hbond substituents is 1. The van der Waals surface area contributed by atoms with Gasteiger partial charge in [-0.1, -0.05) is 18.2 Å². The zero-order chi connectivity index (χ0) is 21.6. The number of nitro benzene ring substituents is 1. The van der Waals surface area contributed by atoms with Crippen LogP contribution in [0.3, 0.4) is 0 Å². The molecule has 0 aliphatic heterocycles. The number of rotatable bonds is 8. The van der Waals surface area contributed by atoms with Crippen molar-refractivity contribution in [1.29, 1.82) is 0 Å². The van der Waals surface area contributed by atoms with Crippen LogP contribution >= 0.6 is 0 Å². The highest BCUT2D eigenvalue weighted by Gasteiger charge is 2.24. The maximum Gasteiger partial charge on any atom is 0.269 e. The zero-order valence-electron chi connectivity index (χ0n) is 15.1. The van der Waals surface area contributed by atoms with Crippen LogP contribution < -0.4 is 15.2 Å². The summed E-state index contributed by atoms with van der Waals surface area (Å²) in [6.45, 7) is 0. The molecule has 29 heavy (non-hydrogen) atoms. The van der Waals surface area contributed by atoms with Crippen LogP contribution in [0.15, 0.2) is 48.5 Å². The van der Waals surface area contributed by atoms with Gasteiger partial charge in [0.2, 0.25) is 5.91 Å². The van der Waals surface area contributed by atoms with Crippen molar-refractivity contribution in [3.05, 3.63) is 69.8 Å². The lowest BCUT2D eigenvalue weighted by Gasteiger charge is -2.24. The van der Waals surface area contributed by atoms with Crippen LogP contribution in [0.5, 0.6) is 11.5 Å². The summed E-state index contributed by atoms with van der Waals surface area (Å²) >= 11 is 0. The molecule has 0 spiro atoms. The van der Waals surface area contributed by atoms with E-state index in [0.29, 0.717) is 5.56 Å². The fraction of sp³-hybridized carbons (Fsp3) is 0.158. The molecule has 0 bridgehead atoms. The van der Waals surface area contributed by atoms with Crippen LogP contribution in [0.2, 0.25) is 0 Å². The van der Waals surface area contributed by atoms with Crippen LogP contribution in [0.4, 0.5) is 5.69 Å². The molecule has 152 valence electrons. The quantitative estimate of drug-likeness (QED) is 0.323. The van der Waals surface area contributed by atoms with Crippen molar-refractivity contribution in [2.24, 2.45) is 0 Å². The number of amides is 1. The van der Waals surface area contributed by atoms with E-state index in [9.17, 15) is 35.0 Å². The molecule has 2 rings (SSSR count). The molecule has 3 N–H and O–H groups in total. The Morgan fingerprint density at radius 3 is 2.59 bits per heavy atom. The van der Waals surface area contributed by atoms with E-state index in [4.69, 9.17) is 4.74 Å². The summed E-state index contributed by atoms with van der Waals surface area (Å²) in [5.74, 6) is -2.53. The van der Waals surface area contributed by atoms with Crippen LogP contribution in [-0.4, -0.2) is 40.2 Å². The normalized spacial score (nSPS) is 12.9. The van der Waals surface area contributed by atoms with E-state index in [-0.39, 0.29) is 22.7 Å². The maximum atomic E-state index is 12.1. The number of aromatic hydroxyl groups is 1. The molecule has 2 atom stereocenters. The Morgan fingerprint density at radius 1 is 1.24 bits per heavy atom. The van der Waals surface area contributed by atoms with Gasteiger partial charge >= 0.3 is 0 Å². The number of carboxylic acids is 1. The molecule has 0 radical (unpaired) electrons. The number of aliphatic carboxylic acids is 1. The molecule has 0 heterocycles. The first kappa shape index (κ1) is 21.4. The minimum atomic E-state index is -1.84. The third-order valence-corrected chi connectivity index (χ3v) is 3.92. The maximum absolute atomic E-state index is 12.1. The summed E-state index contributed by atoms with van der Waals surface area (Å²) in [6.07, 6.45) is 0.580. The van der Waals surface area contributed by atoms with Gasteiger partial charge in [0.1, 0.15) is 6.10 Å². The minimum absolute atomic E-state index is 0.0686. The van der Waals surface area contributed by atoms with E-state index >= 15 is 0 Å². The van der Waals surface area contributed by atoms with Gasteiger partial charge in [-0.3, -0.25) is 14.9 Å². The summed E-state index contributed by atoms with van der Waals surface area (Å²) in [6, 6.07) is 7.21. The van der Waals surface area contributed by atoms with E-state index in [1.54, 1.807) is 0 Å². The number of nitrogens with zero attached hydrogens (tertiary/aromatic N) is 1.